The van der Waals surface area contributed by atoms with E-state index >= 15 is 0 Å². The molecule has 5 nitrogen and oxygen atoms in total. The molecular formula is C14H21N5. The Kier molecular flexibility index (Phi) is 3.75. The van der Waals surface area contributed by atoms with Crippen LogP contribution in [0.5, 0.6) is 0 Å². The van der Waals surface area contributed by atoms with Crippen LogP contribution in [0.15, 0.2) is 18.3 Å². The molecule has 2 aromatic rings. The summed E-state index contributed by atoms with van der Waals surface area (Å²) < 4.78 is 2.23. The minimum absolute atomic E-state index is 0.922. The highest BCUT2D eigenvalue weighted by Gasteiger charge is 2.15. The summed E-state index contributed by atoms with van der Waals surface area (Å²) in [4.78, 5) is 11.7. The summed E-state index contributed by atoms with van der Waals surface area (Å²) in [7, 11) is 0. The summed E-state index contributed by atoms with van der Waals surface area (Å²) in [6.07, 6.45) is 3.06. The highest BCUT2D eigenvalue weighted by atomic mass is 15.2. The van der Waals surface area contributed by atoms with Crippen LogP contribution >= 0.6 is 0 Å². The van der Waals surface area contributed by atoms with E-state index in [1.165, 1.54) is 6.42 Å². The Morgan fingerprint density at radius 2 is 2.26 bits per heavy atom. The number of nitrogens with zero attached hydrogens (tertiary/aromatic N) is 4. The monoisotopic (exact) mass is 259 g/mol. The highest BCUT2D eigenvalue weighted by molar-refractivity contribution is 5.71. The summed E-state index contributed by atoms with van der Waals surface area (Å²) in [5.41, 5.74) is 2.01. The van der Waals surface area contributed by atoms with Crippen molar-refractivity contribution in [1.29, 1.82) is 0 Å². The summed E-state index contributed by atoms with van der Waals surface area (Å²) >= 11 is 0. The molecule has 1 aliphatic rings. The van der Waals surface area contributed by atoms with Crippen LogP contribution in [-0.4, -0.2) is 45.6 Å². The third-order valence-electron chi connectivity index (χ3n) is 3.70. The largest absolute Gasteiger partial charge is 0.315 e. The van der Waals surface area contributed by atoms with Crippen molar-refractivity contribution in [2.45, 2.75) is 26.4 Å². The molecule has 1 N–H and O–H groups in total. The standard InChI is InChI=1S/C14H21N5/c1-2-19-13(11-18-9-4-6-15-8-10-18)17-12-5-3-7-16-14(12)19/h3,5,7,15H,2,4,6,8-11H2,1H3. The van der Waals surface area contributed by atoms with E-state index in [4.69, 9.17) is 4.98 Å². The molecule has 0 amide bonds. The number of fused-ring (bicyclic) bond motifs is 1. The van der Waals surface area contributed by atoms with Crippen LogP contribution in [0.1, 0.15) is 19.2 Å². The zero-order valence-corrected chi connectivity index (χ0v) is 11.5. The molecule has 2 aromatic heterocycles. The molecule has 0 aromatic carbocycles. The molecule has 3 rings (SSSR count). The normalized spacial score (nSPS) is 17.7. The van der Waals surface area contributed by atoms with E-state index in [0.29, 0.717) is 0 Å². The number of aromatic nitrogens is 3. The lowest BCUT2D eigenvalue weighted by atomic mass is 10.4. The van der Waals surface area contributed by atoms with Gasteiger partial charge in [0, 0.05) is 25.8 Å². The molecule has 3 heterocycles. The lowest BCUT2D eigenvalue weighted by Crippen LogP contribution is -2.29. The van der Waals surface area contributed by atoms with E-state index in [2.05, 4.69) is 26.7 Å². The third-order valence-corrected chi connectivity index (χ3v) is 3.70. The van der Waals surface area contributed by atoms with Gasteiger partial charge < -0.3 is 9.88 Å². The molecule has 0 bridgehead atoms. The van der Waals surface area contributed by atoms with E-state index in [-0.39, 0.29) is 0 Å². The summed E-state index contributed by atoms with van der Waals surface area (Å²) in [5, 5.41) is 3.44. The van der Waals surface area contributed by atoms with Gasteiger partial charge in [0.15, 0.2) is 5.65 Å². The van der Waals surface area contributed by atoms with Crippen molar-refractivity contribution in [1.82, 2.24) is 24.8 Å². The Morgan fingerprint density at radius 3 is 3.16 bits per heavy atom. The maximum absolute atomic E-state index is 4.75. The SMILES string of the molecule is CCn1c(CN2CCCNCC2)nc2cccnc21. The van der Waals surface area contributed by atoms with Crippen molar-refractivity contribution in [3.8, 4) is 0 Å². The molecule has 0 unspecified atom stereocenters. The molecule has 1 fully saturated rings. The molecule has 0 spiro atoms. The Morgan fingerprint density at radius 1 is 1.32 bits per heavy atom. The molecule has 0 atom stereocenters. The molecule has 1 saturated heterocycles. The quantitative estimate of drug-likeness (QED) is 0.901. The first kappa shape index (κ1) is 12.6. The van der Waals surface area contributed by atoms with Gasteiger partial charge in [-0.3, -0.25) is 4.90 Å². The zero-order chi connectivity index (χ0) is 13.1. The molecule has 0 radical (unpaired) electrons. The lowest BCUT2D eigenvalue weighted by molar-refractivity contribution is 0.273. The molecule has 5 heteroatoms. The van der Waals surface area contributed by atoms with E-state index in [1.54, 1.807) is 0 Å². The smallest absolute Gasteiger partial charge is 0.160 e. The van der Waals surface area contributed by atoms with Crippen LogP contribution in [0.2, 0.25) is 0 Å². The number of imidazole rings is 1. The molecular weight excluding hydrogens is 238 g/mol. The third kappa shape index (κ3) is 2.62. The number of nitrogens with one attached hydrogen (secondary N) is 1. The topological polar surface area (TPSA) is 46.0 Å². The van der Waals surface area contributed by atoms with Crippen LogP contribution < -0.4 is 5.32 Å². The summed E-state index contributed by atoms with van der Waals surface area (Å²) in [6.45, 7) is 8.45. The number of hydrogen-bond donors (Lipinski definition) is 1. The molecule has 0 saturated carbocycles. The number of rotatable bonds is 3. The van der Waals surface area contributed by atoms with Gasteiger partial charge in [-0.25, -0.2) is 9.97 Å². The van der Waals surface area contributed by atoms with Gasteiger partial charge in [-0.05, 0) is 38.6 Å². The molecule has 0 aliphatic carbocycles. The summed E-state index contributed by atoms with van der Waals surface area (Å²) in [5.74, 6) is 1.14. The predicted octanol–water partition coefficient (Wildman–Crippen LogP) is 1.25. The van der Waals surface area contributed by atoms with Gasteiger partial charge in [0.2, 0.25) is 0 Å². The minimum atomic E-state index is 0.922. The first-order valence-corrected chi connectivity index (χ1v) is 7.11. The average molecular weight is 259 g/mol. The number of hydrogen-bond acceptors (Lipinski definition) is 4. The fourth-order valence-corrected chi connectivity index (χ4v) is 2.72. The maximum atomic E-state index is 4.75. The van der Waals surface area contributed by atoms with Gasteiger partial charge in [-0.2, -0.15) is 0 Å². The van der Waals surface area contributed by atoms with Crippen molar-refractivity contribution < 1.29 is 0 Å². The first-order valence-electron chi connectivity index (χ1n) is 7.11. The molecule has 1 aliphatic heterocycles. The van der Waals surface area contributed by atoms with Gasteiger partial charge in [-0.15, -0.1) is 0 Å². The zero-order valence-electron chi connectivity index (χ0n) is 11.5. The van der Waals surface area contributed by atoms with Crippen molar-refractivity contribution in [2.75, 3.05) is 26.2 Å². The Balaban J connectivity index is 1.87. The van der Waals surface area contributed by atoms with E-state index in [9.17, 15) is 0 Å². The van der Waals surface area contributed by atoms with Crippen LogP contribution in [0.4, 0.5) is 0 Å². The number of pyridine rings is 1. The van der Waals surface area contributed by atoms with E-state index in [0.717, 1.165) is 56.3 Å². The first-order chi connectivity index (χ1) is 9.38. The molecule has 19 heavy (non-hydrogen) atoms. The maximum Gasteiger partial charge on any atom is 0.160 e. The van der Waals surface area contributed by atoms with Crippen LogP contribution in [-0.2, 0) is 13.1 Å². The van der Waals surface area contributed by atoms with Gasteiger partial charge in [-0.1, -0.05) is 0 Å². The summed E-state index contributed by atoms with van der Waals surface area (Å²) in [6, 6.07) is 4.00. The van der Waals surface area contributed by atoms with Gasteiger partial charge in [0.25, 0.3) is 0 Å². The fraction of sp³-hybridized carbons (Fsp3) is 0.571. The van der Waals surface area contributed by atoms with E-state index in [1.807, 2.05) is 18.3 Å². The highest BCUT2D eigenvalue weighted by Crippen LogP contribution is 2.15. The van der Waals surface area contributed by atoms with Crippen molar-refractivity contribution >= 4 is 11.2 Å². The second kappa shape index (κ2) is 5.67. The van der Waals surface area contributed by atoms with Crippen molar-refractivity contribution in [3.63, 3.8) is 0 Å². The Hall–Kier alpha value is -1.46. The minimum Gasteiger partial charge on any atom is -0.315 e. The van der Waals surface area contributed by atoms with E-state index < -0.39 is 0 Å². The lowest BCUT2D eigenvalue weighted by Gasteiger charge is -2.19. The van der Waals surface area contributed by atoms with Gasteiger partial charge in [0.1, 0.15) is 11.3 Å². The second-order valence-corrected chi connectivity index (χ2v) is 5.00. The Bertz CT molecular complexity index is 540. The van der Waals surface area contributed by atoms with Crippen LogP contribution in [0, 0.1) is 0 Å². The average Bonchev–Trinajstić information content (AvgIpc) is 2.60. The van der Waals surface area contributed by atoms with Gasteiger partial charge >= 0.3 is 0 Å². The number of aryl methyl sites for hydroxylation is 1. The van der Waals surface area contributed by atoms with Gasteiger partial charge in [0.05, 0.1) is 6.54 Å². The van der Waals surface area contributed by atoms with Crippen LogP contribution in [0.25, 0.3) is 11.2 Å². The Labute approximate surface area is 113 Å². The molecule has 102 valence electrons. The van der Waals surface area contributed by atoms with Crippen molar-refractivity contribution in [3.05, 3.63) is 24.2 Å². The predicted molar refractivity (Wildman–Crippen MR) is 76.0 cm³/mol. The van der Waals surface area contributed by atoms with Crippen LogP contribution in [0.3, 0.4) is 0 Å². The van der Waals surface area contributed by atoms with Crippen molar-refractivity contribution in [2.24, 2.45) is 0 Å². The second-order valence-electron chi connectivity index (χ2n) is 5.00. The fourth-order valence-electron chi connectivity index (χ4n) is 2.72.